The number of hydrogen-bond acceptors (Lipinski definition) is 5. The maximum Gasteiger partial charge on any atom is 0.163 e. The minimum atomic E-state index is 0.134. The monoisotopic (exact) mass is 504 g/mol. The van der Waals surface area contributed by atoms with Gasteiger partial charge in [0.25, 0.3) is 0 Å². The van der Waals surface area contributed by atoms with Crippen LogP contribution >= 0.6 is 0 Å². The van der Waals surface area contributed by atoms with E-state index in [9.17, 15) is 0 Å². The molecule has 0 atom stereocenters. The highest BCUT2D eigenvalue weighted by molar-refractivity contribution is 5.88. The zero-order valence-corrected chi connectivity index (χ0v) is 22.2. The molecule has 0 aliphatic rings. The number of aromatic nitrogens is 1. The first-order chi connectivity index (χ1) is 18.4. The SMILES string of the molecule is COc1cc2c(Oc3ccc(Nc4ccc(C(C)(C)C)cc4)cc3)ccnc2cc1OCc1ccccc1. The second-order valence-corrected chi connectivity index (χ2v) is 10.2. The largest absolute Gasteiger partial charge is 0.493 e. The predicted octanol–water partition coefficient (Wildman–Crippen LogP) is 8.66. The molecule has 1 N–H and O–H groups in total. The van der Waals surface area contributed by atoms with Gasteiger partial charge in [-0.25, -0.2) is 0 Å². The van der Waals surface area contributed by atoms with Crippen LogP contribution in [0.25, 0.3) is 10.9 Å². The van der Waals surface area contributed by atoms with Crippen LogP contribution in [0.15, 0.2) is 103 Å². The molecule has 0 saturated carbocycles. The van der Waals surface area contributed by atoms with E-state index in [0.29, 0.717) is 23.9 Å². The van der Waals surface area contributed by atoms with Gasteiger partial charge in [-0.05, 0) is 65.1 Å². The number of fused-ring (bicyclic) bond motifs is 1. The first-order valence-corrected chi connectivity index (χ1v) is 12.7. The van der Waals surface area contributed by atoms with E-state index in [-0.39, 0.29) is 5.41 Å². The molecule has 0 spiro atoms. The molecular formula is C33H32N2O3. The summed E-state index contributed by atoms with van der Waals surface area (Å²) in [7, 11) is 1.63. The molecular weight excluding hydrogens is 472 g/mol. The third-order valence-electron chi connectivity index (χ3n) is 6.35. The van der Waals surface area contributed by atoms with Crippen molar-refractivity contribution in [3.05, 3.63) is 114 Å². The van der Waals surface area contributed by atoms with Crippen LogP contribution in [0.5, 0.6) is 23.0 Å². The van der Waals surface area contributed by atoms with E-state index in [1.54, 1.807) is 13.3 Å². The van der Waals surface area contributed by atoms with Gasteiger partial charge in [-0.2, -0.15) is 0 Å². The zero-order chi connectivity index (χ0) is 26.5. The van der Waals surface area contributed by atoms with Crippen molar-refractivity contribution in [3.8, 4) is 23.0 Å². The normalized spacial score (nSPS) is 11.3. The molecule has 38 heavy (non-hydrogen) atoms. The molecule has 0 bridgehead atoms. The Morgan fingerprint density at radius 2 is 1.42 bits per heavy atom. The molecule has 1 aromatic heterocycles. The van der Waals surface area contributed by atoms with E-state index >= 15 is 0 Å². The maximum atomic E-state index is 6.25. The fourth-order valence-corrected chi connectivity index (χ4v) is 4.18. The summed E-state index contributed by atoms with van der Waals surface area (Å²) in [6.07, 6.45) is 1.74. The van der Waals surface area contributed by atoms with E-state index in [1.165, 1.54) is 5.56 Å². The average Bonchev–Trinajstić information content (AvgIpc) is 2.93. The van der Waals surface area contributed by atoms with E-state index in [0.717, 1.165) is 33.6 Å². The van der Waals surface area contributed by atoms with Gasteiger partial charge in [-0.15, -0.1) is 0 Å². The Balaban J connectivity index is 1.31. The Morgan fingerprint density at radius 3 is 2.08 bits per heavy atom. The van der Waals surface area contributed by atoms with Crippen LogP contribution < -0.4 is 19.5 Å². The summed E-state index contributed by atoms with van der Waals surface area (Å²) >= 11 is 0. The second kappa shape index (κ2) is 10.9. The molecule has 5 nitrogen and oxygen atoms in total. The first kappa shape index (κ1) is 25.2. The first-order valence-electron chi connectivity index (χ1n) is 12.7. The number of ether oxygens (including phenoxy) is 3. The zero-order valence-electron chi connectivity index (χ0n) is 22.2. The fraction of sp³-hybridized carbons (Fsp3) is 0.182. The van der Waals surface area contributed by atoms with Gasteiger partial charge >= 0.3 is 0 Å². The molecule has 5 heteroatoms. The second-order valence-electron chi connectivity index (χ2n) is 10.2. The highest BCUT2D eigenvalue weighted by atomic mass is 16.5. The summed E-state index contributed by atoms with van der Waals surface area (Å²) in [4.78, 5) is 4.53. The van der Waals surface area contributed by atoms with Crippen molar-refractivity contribution >= 4 is 22.3 Å². The van der Waals surface area contributed by atoms with Gasteiger partial charge in [-0.1, -0.05) is 63.2 Å². The Bertz CT molecular complexity index is 1510. The van der Waals surface area contributed by atoms with Gasteiger partial charge in [0.1, 0.15) is 18.1 Å². The highest BCUT2D eigenvalue weighted by Gasteiger charge is 2.14. The van der Waals surface area contributed by atoms with E-state index in [1.807, 2.05) is 72.8 Å². The number of nitrogens with zero attached hydrogens (tertiary/aromatic N) is 1. The summed E-state index contributed by atoms with van der Waals surface area (Å²) in [5.41, 5.74) is 5.33. The van der Waals surface area contributed by atoms with Crippen LogP contribution in [0.3, 0.4) is 0 Å². The van der Waals surface area contributed by atoms with Crippen LogP contribution in [0.1, 0.15) is 31.9 Å². The lowest BCUT2D eigenvalue weighted by molar-refractivity contribution is 0.285. The molecule has 1 heterocycles. The van der Waals surface area contributed by atoms with Crippen LogP contribution in [0.4, 0.5) is 11.4 Å². The van der Waals surface area contributed by atoms with E-state index < -0.39 is 0 Å². The predicted molar refractivity (Wildman–Crippen MR) is 154 cm³/mol. The summed E-state index contributed by atoms with van der Waals surface area (Å²) in [6.45, 7) is 7.10. The van der Waals surface area contributed by atoms with E-state index in [4.69, 9.17) is 14.2 Å². The molecule has 0 fully saturated rings. The average molecular weight is 505 g/mol. The molecule has 0 aliphatic carbocycles. The Hall–Kier alpha value is -4.51. The minimum Gasteiger partial charge on any atom is -0.493 e. The fourth-order valence-electron chi connectivity index (χ4n) is 4.18. The van der Waals surface area contributed by atoms with Gasteiger partial charge in [-0.3, -0.25) is 4.98 Å². The Kier molecular flexibility index (Phi) is 7.18. The topological polar surface area (TPSA) is 52.6 Å². The van der Waals surface area contributed by atoms with Crippen molar-refractivity contribution in [1.82, 2.24) is 4.98 Å². The minimum absolute atomic E-state index is 0.134. The van der Waals surface area contributed by atoms with Crippen molar-refractivity contribution in [3.63, 3.8) is 0 Å². The lowest BCUT2D eigenvalue weighted by atomic mass is 9.87. The van der Waals surface area contributed by atoms with Crippen molar-refractivity contribution < 1.29 is 14.2 Å². The molecule has 0 unspecified atom stereocenters. The number of pyridine rings is 1. The standard InChI is InChI=1S/C33H32N2O3/c1-33(2,3)24-10-12-25(13-11-24)35-26-14-16-27(17-15-26)38-30-18-19-34-29-21-32(31(36-4)20-28(29)30)37-22-23-8-6-5-7-9-23/h5-21,35H,22H2,1-4H3. The van der Waals surface area contributed by atoms with E-state index in [2.05, 4.69) is 55.3 Å². The summed E-state index contributed by atoms with van der Waals surface area (Å²) in [6, 6.07) is 32.2. The van der Waals surface area contributed by atoms with Crippen LogP contribution in [0.2, 0.25) is 0 Å². The third-order valence-corrected chi connectivity index (χ3v) is 6.35. The molecule has 0 saturated heterocycles. The summed E-state index contributed by atoms with van der Waals surface area (Å²) in [5.74, 6) is 2.69. The van der Waals surface area contributed by atoms with Crippen LogP contribution in [-0.4, -0.2) is 12.1 Å². The Labute approximate surface area is 224 Å². The van der Waals surface area contributed by atoms with Crippen LogP contribution in [0, 0.1) is 0 Å². The number of anilines is 2. The van der Waals surface area contributed by atoms with Crippen molar-refractivity contribution in [1.29, 1.82) is 0 Å². The van der Waals surface area contributed by atoms with Gasteiger partial charge in [0.15, 0.2) is 11.5 Å². The van der Waals surface area contributed by atoms with Gasteiger partial charge in [0.05, 0.1) is 12.6 Å². The molecule has 4 aromatic carbocycles. The number of nitrogens with one attached hydrogen (secondary N) is 1. The summed E-state index contributed by atoms with van der Waals surface area (Å²) < 4.78 is 17.9. The molecule has 0 amide bonds. The lowest BCUT2D eigenvalue weighted by Crippen LogP contribution is -2.10. The number of benzene rings is 4. The van der Waals surface area contributed by atoms with Gasteiger partial charge < -0.3 is 19.5 Å². The highest BCUT2D eigenvalue weighted by Crippen LogP contribution is 2.37. The number of methoxy groups -OCH3 is 1. The molecule has 0 aliphatic heterocycles. The van der Waals surface area contributed by atoms with Gasteiger partial charge in [0.2, 0.25) is 0 Å². The molecule has 5 aromatic rings. The number of hydrogen-bond donors (Lipinski definition) is 1. The smallest absolute Gasteiger partial charge is 0.163 e. The quantitative estimate of drug-likeness (QED) is 0.229. The van der Waals surface area contributed by atoms with Crippen molar-refractivity contribution in [2.45, 2.75) is 32.8 Å². The van der Waals surface area contributed by atoms with Gasteiger partial charge in [0, 0.05) is 29.0 Å². The summed E-state index contributed by atoms with van der Waals surface area (Å²) in [5, 5.41) is 4.30. The van der Waals surface area contributed by atoms with Crippen molar-refractivity contribution in [2.75, 3.05) is 12.4 Å². The third kappa shape index (κ3) is 5.89. The number of rotatable bonds is 8. The van der Waals surface area contributed by atoms with Crippen LogP contribution in [-0.2, 0) is 12.0 Å². The molecule has 192 valence electrons. The van der Waals surface area contributed by atoms with Crippen molar-refractivity contribution in [2.24, 2.45) is 0 Å². The Morgan fingerprint density at radius 1 is 0.737 bits per heavy atom. The molecule has 5 rings (SSSR count). The molecule has 0 radical (unpaired) electrons. The lowest BCUT2D eigenvalue weighted by Gasteiger charge is -2.19. The maximum absolute atomic E-state index is 6.25.